The fourth-order valence-electron chi connectivity index (χ4n) is 4.59. The van der Waals surface area contributed by atoms with E-state index in [4.69, 9.17) is 39.9 Å². The van der Waals surface area contributed by atoms with Gasteiger partial charge >= 0.3 is 0 Å². The molecule has 0 saturated heterocycles. The van der Waals surface area contributed by atoms with Crippen molar-refractivity contribution in [3.05, 3.63) is 116 Å². The van der Waals surface area contributed by atoms with Crippen molar-refractivity contribution >= 4 is 52.4 Å². The van der Waals surface area contributed by atoms with Gasteiger partial charge in [0, 0.05) is 15.6 Å². The van der Waals surface area contributed by atoms with Gasteiger partial charge in [0.05, 0.1) is 22.4 Å². The first-order chi connectivity index (χ1) is 17.4. The van der Waals surface area contributed by atoms with Gasteiger partial charge in [0.25, 0.3) is 5.91 Å². The summed E-state index contributed by atoms with van der Waals surface area (Å²) >= 11 is 18.9. The Balaban J connectivity index is 1.61. The van der Waals surface area contributed by atoms with Gasteiger partial charge in [-0.2, -0.15) is 5.10 Å². The summed E-state index contributed by atoms with van der Waals surface area (Å²) in [5, 5.41) is 9.63. The molecule has 1 aliphatic carbocycles. The molecule has 1 N–H and O–H groups in total. The third-order valence-corrected chi connectivity index (χ3v) is 7.16. The summed E-state index contributed by atoms with van der Waals surface area (Å²) < 4.78 is 1.79. The van der Waals surface area contributed by atoms with Crippen molar-refractivity contribution in [1.82, 2.24) is 15.1 Å². The van der Waals surface area contributed by atoms with Gasteiger partial charge in [0.1, 0.15) is 0 Å². The molecule has 0 spiro atoms. The number of hydrogen-bond acceptors (Lipinski definition) is 2. The molecule has 1 aliphatic rings. The molecule has 0 unspecified atom stereocenters. The van der Waals surface area contributed by atoms with Gasteiger partial charge in [-0.15, -0.1) is 0 Å². The van der Waals surface area contributed by atoms with Gasteiger partial charge in [-0.05, 0) is 79.3 Å². The molecule has 0 radical (unpaired) electrons. The summed E-state index contributed by atoms with van der Waals surface area (Å²) in [5.41, 5.74) is 6.07. The fourth-order valence-corrected chi connectivity index (χ4v) is 5.21. The molecule has 182 valence electrons. The molecule has 1 heterocycles. The molecule has 0 aliphatic heterocycles. The molecule has 1 atom stereocenters. The van der Waals surface area contributed by atoms with Crippen LogP contribution in [0.25, 0.3) is 17.3 Å². The van der Waals surface area contributed by atoms with Crippen molar-refractivity contribution in [2.24, 2.45) is 0 Å². The number of benzene rings is 3. The van der Waals surface area contributed by atoms with Crippen LogP contribution < -0.4 is 5.32 Å². The van der Waals surface area contributed by atoms with Crippen LogP contribution in [0.15, 0.2) is 72.8 Å². The van der Waals surface area contributed by atoms with E-state index in [1.165, 1.54) is 0 Å². The minimum atomic E-state index is -0.209. The number of allylic oxidation sites excluding steroid dienone is 1. The number of nitrogens with zero attached hydrogens (tertiary/aromatic N) is 2. The number of fused-ring (bicyclic) bond motifs is 1. The average molecular weight is 537 g/mol. The van der Waals surface area contributed by atoms with Crippen molar-refractivity contribution in [3.63, 3.8) is 0 Å². The predicted octanol–water partition coefficient (Wildman–Crippen LogP) is 8.20. The molecule has 4 nitrogen and oxygen atoms in total. The SMILES string of the molecule is C[C@H](NC(=O)c1nn(-c2ccc(Cl)cc2Cl)c2c1CCCC2=Cc1ccc(Cl)cc1)c1ccccc1. The number of rotatable bonds is 5. The van der Waals surface area contributed by atoms with Crippen LogP contribution in [-0.4, -0.2) is 15.7 Å². The van der Waals surface area contributed by atoms with Crippen LogP contribution in [0.1, 0.15) is 58.7 Å². The lowest BCUT2D eigenvalue weighted by atomic mass is 9.89. The number of hydrogen-bond donors (Lipinski definition) is 1. The third-order valence-electron chi connectivity index (χ3n) is 6.37. The number of aromatic nitrogens is 2. The number of carbonyl (C=O) groups is 1. The molecular formula is C29H24Cl3N3O. The van der Waals surface area contributed by atoms with Gasteiger partial charge in [0.2, 0.25) is 0 Å². The van der Waals surface area contributed by atoms with E-state index in [0.29, 0.717) is 26.4 Å². The Morgan fingerprint density at radius 3 is 2.42 bits per heavy atom. The number of nitrogens with one attached hydrogen (secondary N) is 1. The highest BCUT2D eigenvalue weighted by Crippen LogP contribution is 2.38. The van der Waals surface area contributed by atoms with Crippen molar-refractivity contribution in [2.75, 3.05) is 0 Å². The molecular weight excluding hydrogens is 513 g/mol. The Bertz CT molecular complexity index is 1440. The van der Waals surface area contributed by atoms with E-state index < -0.39 is 0 Å². The van der Waals surface area contributed by atoms with Crippen molar-refractivity contribution in [3.8, 4) is 5.69 Å². The maximum Gasteiger partial charge on any atom is 0.272 e. The first-order valence-electron chi connectivity index (χ1n) is 11.8. The maximum absolute atomic E-state index is 13.5. The van der Waals surface area contributed by atoms with E-state index in [1.807, 2.05) is 67.6 Å². The highest BCUT2D eigenvalue weighted by molar-refractivity contribution is 6.35. The molecule has 0 fully saturated rings. The Labute approximate surface area is 225 Å². The Morgan fingerprint density at radius 1 is 0.972 bits per heavy atom. The van der Waals surface area contributed by atoms with E-state index in [9.17, 15) is 4.79 Å². The molecule has 1 aromatic heterocycles. The van der Waals surface area contributed by atoms with Crippen molar-refractivity contribution < 1.29 is 4.79 Å². The van der Waals surface area contributed by atoms with Crippen LogP contribution >= 0.6 is 34.8 Å². The second-order valence-electron chi connectivity index (χ2n) is 8.86. The predicted molar refractivity (Wildman–Crippen MR) is 148 cm³/mol. The second-order valence-corrected chi connectivity index (χ2v) is 10.1. The highest BCUT2D eigenvalue weighted by Gasteiger charge is 2.29. The smallest absolute Gasteiger partial charge is 0.272 e. The lowest BCUT2D eigenvalue weighted by Gasteiger charge is -2.19. The molecule has 1 amide bonds. The molecule has 7 heteroatoms. The zero-order valence-electron chi connectivity index (χ0n) is 19.6. The van der Waals surface area contributed by atoms with Crippen LogP contribution in [0.3, 0.4) is 0 Å². The van der Waals surface area contributed by atoms with Crippen LogP contribution in [0.4, 0.5) is 0 Å². The molecule has 36 heavy (non-hydrogen) atoms. The summed E-state index contributed by atoms with van der Waals surface area (Å²) in [5.74, 6) is -0.209. The molecule has 0 bridgehead atoms. The quantitative estimate of drug-likeness (QED) is 0.279. The molecule has 3 aromatic carbocycles. The van der Waals surface area contributed by atoms with Crippen LogP contribution in [0.5, 0.6) is 0 Å². The minimum absolute atomic E-state index is 0.161. The molecule has 0 saturated carbocycles. The zero-order valence-corrected chi connectivity index (χ0v) is 21.9. The maximum atomic E-state index is 13.5. The summed E-state index contributed by atoms with van der Waals surface area (Å²) in [6.45, 7) is 1.97. The van der Waals surface area contributed by atoms with Crippen LogP contribution in [-0.2, 0) is 6.42 Å². The van der Waals surface area contributed by atoms with E-state index >= 15 is 0 Å². The van der Waals surface area contributed by atoms with Crippen molar-refractivity contribution in [1.29, 1.82) is 0 Å². The fraction of sp³-hybridized carbons (Fsp3) is 0.172. The molecule has 4 aromatic rings. The summed E-state index contributed by atoms with van der Waals surface area (Å²) in [6, 6.07) is 22.7. The van der Waals surface area contributed by atoms with E-state index in [1.54, 1.807) is 16.8 Å². The minimum Gasteiger partial charge on any atom is -0.344 e. The van der Waals surface area contributed by atoms with Gasteiger partial charge < -0.3 is 5.32 Å². The topological polar surface area (TPSA) is 46.9 Å². The number of amides is 1. The zero-order chi connectivity index (χ0) is 25.2. The lowest BCUT2D eigenvalue weighted by Crippen LogP contribution is -2.28. The standard InChI is InChI=1S/C29H24Cl3N3O/c1-18(20-6-3-2-4-7-20)33-29(36)27-24-9-5-8-21(16-19-10-12-22(30)13-11-19)28(24)35(34-27)26-15-14-23(31)17-25(26)32/h2-4,6-7,10-18H,5,8-9H2,1H3,(H,33,36)/t18-/m0/s1. The summed E-state index contributed by atoms with van der Waals surface area (Å²) in [4.78, 5) is 13.5. The summed E-state index contributed by atoms with van der Waals surface area (Å²) in [7, 11) is 0. The van der Waals surface area contributed by atoms with Gasteiger partial charge in [-0.1, -0.05) is 77.3 Å². The largest absolute Gasteiger partial charge is 0.344 e. The normalized spacial score (nSPS) is 14.9. The second kappa shape index (κ2) is 10.5. The van der Waals surface area contributed by atoms with E-state index in [-0.39, 0.29) is 11.9 Å². The third kappa shape index (κ3) is 5.08. The number of halogens is 3. The summed E-state index contributed by atoms with van der Waals surface area (Å²) in [6.07, 6.45) is 4.65. The van der Waals surface area contributed by atoms with Crippen molar-refractivity contribution in [2.45, 2.75) is 32.2 Å². The van der Waals surface area contributed by atoms with Gasteiger partial charge in [0.15, 0.2) is 5.69 Å². The number of carbonyl (C=O) groups excluding carboxylic acids is 1. The Kier molecular flexibility index (Phi) is 7.20. The van der Waals surface area contributed by atoms with Gasteiger partial charge in [-0.3, -0.25) is 4.79 Å². The lowest BCUT2D eigenvalue weighted by molar-refractivity contribution is 0.0933. The first kappa shape index (κ1) is 24.6. The van der Waals surface area contributed by atoms with Crippen LogP contribution in [0, 0.1) is 0 Å². The Morgan fingerprint density at radius 2 is 1.69 bits per heavy atom. The molecule has 5 rings (SSSR count). The van der Waals surface area contributed by atoms with E-state index in [2.05, 4.69) is 11.4 Å². The average Bonchev–Trinajstić information content (AvgIpc) is 3.26. The monoisotopic (exact) mass is 535 g/mol. The van der Waals surface area contributed by atoms with E-state index in [0.717, 1.165) is 47.2 Å². The Hall–Kier alpha value is -3.05. The first-order valence-corrected chi connectivity index (χ1v) is 12.9. The van der Waals surface area contributed by atoms with Crippen LogP contribution in [0.2, 0.25) is 15.1 Å². The van der Waals surface area contributed by atoms with Gasteiger partial charge in [-0.25, -0.2) is 4.68 Å². The highest BCUT2D eigenvalue weighted by atomic mass is 35.5.